The molecule has 0 spiro atoms. The third-order valence-electron chi connectivity index (χ3n) is 3.29. The minimum Gasteiger partial charge on any atom is -0.462 e. The van der Waals surface area contributed by atoms with Gasteiger partial charge in [-0.15, -0.1) is 0 Å². The SMILES string of the molecule is CC.CN/C=C/c1ccc(-c2ccc(/C=C/COC(C)=O)cc2)cc1. The van der Waals surface area contributed by atoms with Gasteiger partial charge in [-0.2, -0.15) is 0 Å². The molecule has 0 fully saturated rings. The highest BCUT2D eigenvalue weighted by Crippen LogP contribution is 2.21. The van der Waals surface area contributed by atoms with Gasteiger partial charge in [0.15, 0.2) is 0 Å². The number of esters is 1. The second kappa shape index (κ2) is 11.7. The number of nitrogens with one attached hydrogen (secondary N) is 1. The van der Waals surface area contributed by atoms with Gasteiger partial charge in [0.05, 0.1) is 0 Å². The van der Waals surface area contributed by atoms with E-state index in [9.17, 15) is 4.79 Å². The summed E-state index contributed by atoms with van der Waals surface area (Å²) in [6.07, 6.45) is 7.71. The molecule has 2 aromatic rings. The number of carbonyl (C=O) groups excluding carboxylic acids is 1. The fraction of sp³-hybridized carbons (Fsp3) is 0.227. The molecule has 0 atom stereocenters. The van der Waals surface area contributed by atoms with Gasteiger partial charge < -0.3 is 10.1 Å². The van der Waals surface area contributed by atoms with E-state index >= 15 is 0 Å². The number of ether oxygens (including phenoxy) is 1. The van der Waals surface area contributed by atoms with Gasteiger partial charge in [-0.05, 0) is 40.6 Å². The van der Waals surface area contributed by atoms with Gasteiger partial charge in [-0.3, -0.25) is 4.79 Å². The Balaban J connectivity index is 0.00000151. The molecule has 0 aliphatic carbocycles. The van der Waals surface area contributed by atoms with E-state index in [2.05, 4.69) is 53.8 Å². The average molecular weight is 337 g/mol. The molecular weight excluding hydrogens is 310 g/mol. The number of hydrogen-bond acceptors (Lipinski definition) is 3. The average Bonchev–Trinajstić information content (AvgIpc) is 2.66. The molecule has 0 heterocycles. The van der Waals surface area contributed by atoms with E-state index in [0.717, 1.165) is 11.1 Å². The Kier molecular flexibility index (Phi) is 9.46. The van der Waals surface area contributed by atoms with E-state index in [0.29, 0.717) is 6.61 Å². The fourth-order valence-electron chi connectivity index (χ4n) is 2.10. The van der Waals surface area contributed by atoms with Crippen LogP contribution in [0.15, 0.2) is 60.8 Å². The molecule has 0 aromatic heterocycles. The van der Waals surface area contributed by atoms with Gasteiger partial charge in [0.1, 0.15) is 6.61 Å². The van der Waals surface area contributed by atoms with Crippen molar-refractivity contribution in [2.75, 3.05) is 13.7 Å². The van der Waals surface area contributed by atoms with Crippen LogP contribution in [0.4, 0.5) is 0 Å². The maximum absolute atomic E-state index is 10.7. The third kappa shape index (κ3) is 7.53. The molecule has 0 bridgehead atoms. The van der Waals surface area contributed by atoms with Gasteiger partial charge >= 0.3 is 5.97 Å². The summed E-state index contributed by atoms with van der Waals surface area (Å²) >= 11 is 0. The van der Waals surface area contributed by atoms with E-state index in [1.54, 1.807) is 0 Å². The Morgan fingerprint density at radius 3 is 1.84 bits per heavy atom. The summed E-state index contributed by atoms with van der Waals surface area (Å²) in [5.41, 5.74) is 4.59. The number of benzene rings is 2. The summed E-state index contributed by atoms with van der Waals surface area (Å²) < 4.78 is 4.86. The molecule has 1 N–H and O–H groups in total. The van der Waals surface area contributed by atoms with E-state index in [1.807, 2.05) is 45.3 Å². The Morgan fingerprint density at radius 2 is 1.40 bits per heavy atom. The van der Waals surface area contributed by atoms with Gasteiger partial charge in [-0.1, -0.05) is 68.5 Å². The molecule has 25 heavy (non-hydrogen) atoms. The molecular formula is C22H27NO2. The molecule has 132 valence electrons. The molecule has 2 aromatic carbocycles. The summed E-state index contributed by atoms with van der Waals surface area (Å²) in [7, 11) is 1.88. The van der Waals surface area contributed by atoms with Gasteiger partial charge in [0.25, 0.3) is 0 Å². The van der Waals surface area contributed by atoms with Crippen molar-refractivity contribution in [2.24, 2.45) is 0 Å². The second-order valence-electron chi connectivity index (χ2n) is 5.07. The number of rotatable bonds is 6. The first-order chi connectivity index (χ1) is 12.2. The van der Waals surface area contributed by atoms with Crippen LogP contribution in [0.5, 0.6) is 0 Å². The molecule has 0 unspecified atom stereocenters. The molecule has 0 amide bonds. The van der Waals surface area contributed by atoms with E-state index in [1.165, 1.54) is 18.1 Å². The predicted molar refractivity (Wildman–Crippen MR) is 107 cm³/mol. The monoisotopic (exact) mass is 337 g/mol. The summed E-state index contributed by atoms with van der Waals surface area (Å²) in [6.45, 7) is 5.71. The summed E-state index contributed by atoms with van der Waals surface area (Å²) in [5.74, 6) is -0.266. The van der Waals surface area contributed by atoms with Gasteiger partial charge in [0.2, 0.25) is 0 Å². The lowest BCUT2D eigenvalue weighted by Crippen LogP contribution is -1.97. The maximum atomic E-state index is 10.7. The zero-order valence-corrected chi connectivity index (χ0v) is 15.5. The van der Waals surface area contributed by atoms with E-state index in [4.69, 9.17) is 4.74 Å². The van der Waals surface area contributed by atoms with Crippen molar-refractivity contribution in [3.05, 3.63) is 71.9 Å². The molecule has 2 rings (SSSR count). The second-order valence-corrected chi connectivity index (χ2v) is 5.07. The van der Waals surface area contributed by atoms with Crippen molar-refractivity contribution in [2.45, 2.75) is 20.8 Å². The molecule has 0 aliphatic heterocycles. The van der Waals surface area contributed by atoms with Crippen molar-refractivity contribution >= 4 is 18.1 Å². The molecule has 0 radical (unpaired) electrons. The number of carbonyl (C=O) groups is 1. The van der Waals surface area contributed by atoms with Gasteiger partial charge in [0, 0.05) is 14.0 Å². The molecule has 3 nitrogen and oxygen atoms in total. The zero-order valence-electron chi connectivity index (χ0n) is 15.5. The molecule has 3 heteroatoms. The molecule has 0 saturated carbocycles. The van der Waals surface area contributed by atoms with Crippen molar-refractivity contribution in [3.63, 3.8) is 0 Å². The van der Waals surface area contributed by atoms with Crippen LogP contribution in [0.1, 0.15) is 31.9 Å². The zero-order chi connectivity index (χ0) is 18.5. The largest absolute Gasteiger partial charge is 0.462 e. The first kappa shape index (κ1) is 20.2. The third-order valence-corrected chi connectivity index (χ3v) is 3.29. The highest BCUT2D eigenvalue weighted by Gasteiger charge is 1.97. The number of hydrogen-bond donors (Lipinski definition) is 1. The van der Waals surface area contributed by atoms with Crippen molar-refractivity contribution in [1.29, 1.82) is 0 Å². The molecule has 0 aliphatic rings. The lowest BCUT2D eigenvalue weighted by molar-refractivity contribution is -0.139. The summed E-state index contributed by atoms with van der Waals surface area (Å²) in [6, 6.07) is 16.7. The Hall–Kier alpha value is -2.81. The maximum Gasteiger partial charge on any atom is 0.302 e. The smallest absolute Gasteiger partial charge is 0.302 e. The normalized spacial score (nSPS) is 10.4. The summed E-state index contributed by atoms with van der Waals surface area (Å²) in [4.78, 5) is 10.7. The first-order valence-electron chi connectivity index (χ1n) is 8.53. The van der Waals surface area contributed by atoms with Crippen LogP contribution in [0.2, 0.25) is 0 Å². The van der Waals surface area contributed by atoms with Crippen LogP contribution in [-0.2, 0) is 9.53 Å². The first-order valence-corrected chi connectivity index (χ1v) is 8.53. The van der Waals surface area contributed by atoms with Crippen LogP contribution < -0.4 is 5.32 Å². The van der Waals surface area contributed by atoms with Crippen molar-refractivity contribution in [1.82, 2.24) is 5.32 Å². The summed E-state index contributed by atoms with van der Waals surface area (Å²) in [5, 5.41) is 2.98. The predicted octanol–water partition coefficient (Wildman–Crippen LogP) is 5.15. The van der Waals surface area contributed by atoms with Crippen LogP contribution >= 0.6 is 0 Å². The lowest BCUT2D eigenvalue weighted by atomic mass is 10.0. The van der Waals surface area contributed by atoms with E-state index in [-0.39, 0.29) is 5.97 Å². The lowest BCUT2D eigenvalue weighted by Gasteiger charge is -2.03. The highest BCUT2D eigenvalue weighted by molar-refractivity contribution is 5.68. The standard InChI is InChI=1S/C20H21NO2.C2H6/c1-16(22)23-15-3-4-17-5-9-19(10-6-17)20-11-7-18(8-12-20)13-14-21-2;1-2/h3-14,21H,15H2,1-2H3;1-2H3/b4-3+,14-13+;. The minimum absolute atomic E-state index is 0.266. The van der Waals surface area contributed by atoms with Crippen LogP contribution in [0, 0.1) is 0 Å². The fourth-order valence-corrected chi connectivity index (χ4v) is 2.10. The quantitative estimate of drug-likeness (QED) is 0.741. The Labute approximate surface area is 151 Å². The van der Waals surface area contributed by atoms with Crippen molar-refractivity contribution in [3.8, 4) is 11.1 Å². The minimum atomic E-state index is -0.266. The van der Waals surface area contributed by atoms with Gasteiger partial charge in [-0.25, -0.2) is 0 Å². The topological polar surface area (TPSA) is 38.3 Å². The van der Waals surface area contributed by atoms with Crippen molar-refractivity contribution < 1.29 is 9.53 Å². The van der Waals surface area contributed by atoms with Crippen LogP contribution in [-0.4, -0.2) is 19.6 Å². The van der Waals surface area contributed by atoms with E-state index < -0.39 is 0 Å². The van der Waals surface area contributed by atoms with Crippen LogP contribution in [0.3, 0.4) is 0 Å². The molecule has 0 saturated heterocycles. The Bertz CT molecular complexity index is 683. The van der Waals surface area contributed by atoms with Crippen LogP contribution in [0.25, 0.3) is 23.3 Å². The highest BCUT2D eigenvalue weighted by atomic mass is 16.5. The Morgan fingerprint density at radius 1 is 0.920 bits per heavy atom.